The van der Waals surface area contributed by atoms with E-state index in [0.29, 0.717) is 11.1 Å². The predicted octanol–water partition coefficient (Wildman–Crippen LogP) is 2.10. The van der Waals surface area contributed by atoms with Gasteiger partial charge >= 0.3 is 5.97 Å². The highest BCUT2D eigenvalue weighted by Gasteiger charge is 2.20. The van der Waals surface area contributed by atoms with Crippen molar-refractivity contribution in [1.29, 1.82) is 0 Å². The molecule has 0 amide bonds. The molecule has 1 rings (SSSR count). The number of aliphatic carboxylic acids is 1. The summed E-state index contributed by atoms with van der Waals surface area (Å²) in [5.41, 5.74) is 1.34. The second-order valence-electron chi connectivity index (χ2n) is 4.82. The van der Waals surface area contributed by atoms with Gasteiger partial charge in [0.2, 0.25) is 0 Å². The molecular formula is C13H18N2O4. The first-order chi connectivity index (χ1) is 8.82. The van der Waals surface area contributed by atoms with Gasteiger partial charge in [0.05, 0.1) is 4.92 Å². The van der Waals surface area contributed by atoms with E-state index in [1.165, 1.54) is 6.07 Å². The number of hydrogen-bond acceptors (Lipinski definition) is 4. The van der Waals surface area contributed by atoms with E-state index in [0.717, 1.165) is 0 Å². The van der Waals surface area contributed by atoms with Crippen LogP contribution in [0.15, 0.2) is 18.2 Å². The van der Waals surface area contributed by atoms with Gasteiger partial charge in [-0.1, -0.05) is 26.0 Å². The summed E-state index contributed by atoms with van der Waals surface area (Å²) in [6, 6.07) is 4.23. The van der Waals surface area contributed by atoms with Crippen LogP contribution in [0.4, 0.5) is 5.69 Å². The third kappa shape index (κ3) is 4.03. The fraction of sp³-hybridized carbons (Fsp3) is 0.462. The summed E-state index contributed by atoms with van der Waals surface area (Å²) in [5.74, 6) is -0.977. The number of nitro benzene ring substituents is 1. The minimum Gasteiger partial charge on any atom is -0.480 e. The van der Waals surface area contributed by atoms with Crippen molar-refractivity contribution in [1.82, 2.24) is 5.32 Å². The van der Waals surface area contributed by atoms with Crippen LogP contribution in [-0.2, 0) is 11.3 Å². The molecule has 0 bridgehead atoms. The first kappa shape index (κ1) is 15.1. The van der Waals surface area contributed by atoms with Crippen LogP contribution < -0.4 is 5.32 Å². The van der Waals surface area contributed by atoms with Gasteiger partial charge in [0, 0.05) is 18.2 Å². The average molecular weight is 266 g/mol. The summed E-state index contributed by atoms with van der Waals surface area (Å²) in [5, 5.41) is 22.8. The summed E-state index contributed by atoms with van der Waals surface area (Å²) >= 11 is 0. The largest absolute Gasteiger partial charge is 0.480 e. The van der Waals surface area contributed by atoms with Crippen molar-refractivity contribution in [3.8, 4) is 0 Å². The topological polar surface area (TPSA) is 92.5 Å². The number of benzene rings is 1. The van der Waals surface area contributed by atoms with Crippen molar-refractivity contribution in [2.24, 2.45) is 5.92 Å². The highest BCUT2D eigenvalue weighted by Crippen LogP contribution is 2.19. The van der Waals surface area contributed by atoms with Crippen LogP contribution in [-0.4, -0.2) is 22.0 Å². The number of nitrogens with zero attached hydrogens (tertiary/aromatic N) is 1. The van der Waals surface area contributed by atoms with Crippen molar-refractivity contribution in [3.63, 3.8) is 0 Å². The summed E-state index contributed by atoms with van der Waals surface area (Å²) in [6.45, 7) is 5.58. The van der Waals surface area contributed by atoms with Crippen LogP contribution in [0, 0.1) is 23.0 Å². The molecule has 0 heterocycles. The molecule has 1 aromatic carbocycles. The zero-order valence-corrected chi connectivity index (χ0v) is 11.2. The Hall–Kier alpha value is -1.95. The Kier molecular flexibility index (Phi) is 5.00. The summed E-state index contributed by atoms with van der Waals surface area (Å²) < 4.78 is 0. The summed E-state index contributed by atoms with van der Waals surface area (Å²) in [4.78, 5) is 21.4. The molecule has 1 aromatic rings. The maximum Gasteiger partial charge on any atom is 0.320 e. The third-order valence-corrected chi connectivity index (χ3v) is 2.93. The minimum atomic E-state index is -0.920. The quantitative estimate of drug-likeness (QED) is 0.607. The molecule has 0 aliphatic rings. The first-order valence-corrected chi connectivity index (χ1v) is 6.03. The van der Waals surface area contributed by atoms with E-state index in [-0.39, 0.29) is 18.2 Å². The fourth-order valence-electron chi connectivity index (χ4n) is 1.80. The fourth-order valence-corrected chi connectivity index (χ4v) is 1.80. The lowest BCUT2D eigenvalue weighted by molar-refractivity contribution is -0.385. The van der Waals surface area contributed by atoms with E-state index < -0.39 is 16.9 Å². The van der Waals surface area contributed by atoms with Gasteiger partial charge in [-0.05, 0) is 18.4 Å². The molecule has 0 aromatic heterocycles. The number of nitro groups is 1. The molecule has 0 saturated carbocycles. The molecule has 1 atom stereocenters. The van der Waals surface area contributed by atoms with Crippen LogP contribution in [0.25, 0.3) is 0 Å². The minimum absolute atomic E-state index is 0.0516. The number of carboxylic acids is 1. The van der Waals surface area contributed by atoms with Crippen molar-refractivity contribution in [2.45, 2.75) is 33.4 Å². The van der Waals surface area contributed by atoms with Crippen LogP contribution >= 0.6 is 0 Å². The Balaban J connectivity index is 2.80. The van der Waals surface area contributed by atoms with Gasteiger partial charge in [-0.25, -0.2) is 0 Å². The predicted molar refractivity (Wildman–Crippen MR) is 70.9 cm³/mol. The van der Waals surface area contributed by atoms with E-state index in [2.05, 4.69) is 5.32 Å². The normalized spacial score (nSPS) is 12.4. The average Bonchev–Trinajstić information content (AvgIpc) is 2.30. The zero-order valence-electron chi connectivity index (χ0n) is 11.2. The van der Waals surface area contributed by atoms with Crippen LogP contribution in [0.5, 0.6) is 0 Å². The Morgan fingerprint density at radius 3 is 2.58 bits per heavy atom. The lowest BCUT2D eigenvalue weighted by Crippen LogP contribution is -2.40. The van der Waals surface area contributed by atoms with E-state index in [1.807, 2.05) is 13.8 Å². The number of carboxylic acid groups (broad SMARTS) is 1. The second kappa shape index (κ2) is 6.29. The Morgan fingerprint density at radius 2 is 2.11 bits per heavy atom. The third-order valence-electron chi connectivity index (χ3n) is 2.93. The number of rotatable bonds is 6. The molecule has 6 nitrogen and oxygen atoms in total. The van der Waals surface area contributed by atoms with E-state index in [1.54, 1.807) is 19.1 Å². The van der Waals surface area contributed by atoms with Gasteiger partial charge in [0.15, 0.2) is 0 Å². The van der Waals surface area contributed by atoms with Crippen molar-refractivity contribution in [3.05, 3.63) is 39.4 Å². The molecule has 0 fully saturated rings. The zero-order chi connectivity index (χ0) is 14.6. The summed E-state index contributed by atoms with van der Waals surface area (Å²) in [6.07, 6.45) is 0. The van der Waals surface area contributed by atoms with Crippen LogP contribution in [0.2, 0.25) is 0 Å². The maximum absolute atomic E-state index is 11.0. The smallest absolute Gasteiger partial charge is 0.320 e. The molecule has 0 spiro atoms. The standard InChI is InChI=1S/C13H18N2O4/c1-8(2)12(13(16)17)14-7-10-5-4-9(3)11(6-10)15(18)19/h4-6,8,12,14H,7H2,1-3H3,(H,16,17)/t12-/m0/s1. The van der Waals surface area contributed by atoms with Crippen molar-refractivity contribution < 1.29 is 14.8 Å². The van der Waals surface area contributed by atoms with Gasteiger partial charge < -0.3 is 10.4 Å². The number of nitrogens with one attached hydrogen (secondary N) is 1. The number of aryl methyl sites for hydroxylation is 1. The highest BCUT2D eigenvalue weighted by molar-refractivity contribution is 5.73. The second-order valence-corrected chi connectivity index (χ2v) is 4.82. The SMILES string of the molecule is Cc1ccc(CN[C@H](C(=O)O)C(C)C)cc1[N+](=O)[O-]. The van der Waals surface area contributed by atoms with Gasteiger partial charge in [0.1, 0.15) is 6.04 Å². The molecule has 0 unspecified atom stereocenters. The van der Waals surface area contributed by atoms with E-state index >= 15 is 0 Å². The van der Waals surface area contributed by atoms with E-state index in [4.69, 9.17) is 5.11 Å². The van der Waals surface area contributed by atoms with Gasteiger partial charge in [-0.2, -0.15) is 0 Å². The Morgan fingerprint density at radius 1 is 1.47 bits per heavy atom. The highest BCUT2D eigenvalue weighted by atomic mass is 16.6. The van der Waals surface area contributed by atoms with Crippen molar-refractivity contribution >= 4 is 11.7 Å². The Labute approximate surface area is 111 Å². The van der Waals surface area contributed by atoms with Crippen LogP contribution in [0.3, 0.4) is 0 Å². The molecule has 0 saturated heterocycles. The molecule has 0 radical (unpaired) electrons. The number of hydrogen-bond donors (Lipinski definition) is 2. The van der Waals surface area contributed by atoms with Gasteiger partial charge in [-0.3, -0.25) is 14.9 Å². The lowest BCUT2D eigenvalue weighted by atomic mass is 10.0. The maximum atomic E-state index is 11.0. The Bertz CT molecular complexity index is 486. The van der Waals surface area contributed by atoms with Crippen molar-refractivity contribution in [2.75, 3.05) is 0 Å². The molecule has 0 aliphatic carbocycles. The lowest BCUT2D eigenvalue weighted by Gasteiger charge is -2.17. The first-order valence-electron chi connectivity index (χ1n) is 6.03. The monoisotopic (exact) mass is 266 g/mol. The van der Waals surface area contributed by atoms with Gasteiger partial charge in [-0.15, -0.1) is 0 Å². The number of carbonyl (C=O) groups is 1. The van der Waals surface area contributed by atoms with Gasteiger partial charge in [0.25, 0.3) is 5.69 Å². The molecule has 2 N–H and O–H groups in total. The summed E-state index contributed by atoms with van der Waals surface area (Å²) in [7, 11) is 0. The molecular weight excluding hydrogens is 248 g/mol. The van der Waals surface area contributed by atoms with Crippen LogP contribution in [0.1, 0.15) is 25.0 Å². The molecule has 0 aliphatic heterocycles. The molecule has 19 heavy (non-hydrogen) atoms. The molecule has 6 heteroatoms. The molecule has 104 valence electrons. The van der Waals surface area contributed by atoms with E-state index in [9.17, 15) is 14.9 Å².